The predicted octanol–water partition coefficient (Wildman–Crippen LogP) is 3.57. The fourth-order valence-electron chi connectivity index (χ4n) is 2.97. The van der Waals surface area contributed by atoms with Gasteiger partial charge in [-0.25, -0.2) is 0 Å². The van der Waals surface area contributed by atoms with E-state index in [-0.39, 0.29) is 0 Å². The molecule has 1 N–H and O–H groups in total. The average molecular weight is 278 g/mol. The third kappa shape index (κ3) is 4.64. The van der Waals surface area contributed by atoms with E-state index in [0.717, 1.165) is 37.1 Å². The van der Waals surface area contributed by atoms with Gasteiger partial charge in [0.25, 0.3) is 0 Å². The van der Waals surface area contributed by atoms with Crippen LogP contribution in [0.25, 0.3) is 0 Å². The van der Waals surface area contributed by atoms with Crippen LogP contribution >= 0.6 is 0 Å². The summed E-state index contributed by atoms with van der Waals surface area (Å²) in [7, 11) is 0. The highest BCUT2D eigenvalue weighted by molar-refractivity contribution is 5.20. The Morgan fingerprint density at radius 3 is 2.95 bits per heavy atom. The van der Waals surface area contributed by atoms with Crippen LogP contribution in [0.4, 0.5) is 0 Å². The first kappa shape index (κ1) is 15.6. The summed E-state index contributed by atoms with van der Waals surface area (Å²) in [5, 5.41) is 3.46. The van der Waals surface area contributed by atoms with Crippen molar-refractivity contribution in [2.75, 3.05) is 19.6 Å². The summed E-state index contributed by atoms with van der Waals surface area (Å²) in [5.41, 5.74) is 1.28. The largest absolute Gasteiger partial charge is 0.463 e. The molecule has 0 bridgehead atoms. The van der Waals surface area contributed by atoms with Gasteiger partial charge in [-0.3, -0.25) is 4.90 Å². The van der Waals surface area contributed by atoms with E-state index in [1.165, 1.54) is 31.5 Å². The van der Waals surface area contributed by atoms with E-state index in [2.05, 4.69) is 44.0 Å². The highest BCUT2D eigenvalue weighted by Gasteiger charge is 2.18. The molecule has 0 saturated carbocycles. The lowest BCUT2D eigenvalue weighted by Crippen LogP contribution is -2.33. The van der Waals surface area contributed by atoms with Crippen molar-refractivity contribution in [1.82, 2.24) is 10.2 Å². The molecule has 0 amide bonds. The monoisotopic (exact) mass is 278 g/mol. The molecule has 0 spiro atoms. The number of likely N-dealkylation sites (tertiary alicyclic amines) is 1. The summed E-state index contributed by atoms with van der Waals surface area (Å²) in [6, 6.07) is 2.21. The summed E-state index contributed by atoms with van der Waals surface area (Å²) in [5.74, 6) is 3.73. The highest BCUT2D eigenvalue weighted by Crippen LogP contribution is 2.20. The van der Waals surface area contributed by atoms with Crippen molar-refractivity contribution in [3.05, 3.63) is 23.2 Å². The molecule has 114 valence electrons. The number of aryl methyl sites for hydroxylation is 1. The number of hydrogen-bond donors (Lipinski definition) is 1. The quantitative estimate of drug-likeness (QED) is 0.862. The molecule has 2 heterocycles. The topological polar surface area (TPSA) is 28.4 Å². The van der Waals surface area contributed by atoms with E-state index in [1.807, 2.05) is 0 Å². The van der Waals surface area contributed by atoms with E-state index < -0.39 is 0 Å². The minimum Gasteiger partial charge on any atom is -0.463 e. The second kappa shape index (κ2) is 7.28. The van der Waals surface area contributed by atoms with Crippen molar-refractivity contribution in [1.29, 1.82) is 0 Å². The summed E-state index contributed by atoms with van der Waals surface area (Å²) in [4.78, 5) is 2.53. The summed E-state index contributed by atoms with van der Waals surface area (Å²) < 4.78 is 6.03. The van der Waals surface area contributed by atoms with E-state index in [9.17, 15) is 0 Å². The fourth-order valence-corrected chi connectivity index (χ4v) is 2.97. The van der Waals surface area contributed by atoms with Crippen LogP contribution in [0.15, 0.2) is 10.5 Å². The molecule has 1 aromatic heterocycles. The molecular formula is C17H30N2O. The summed E-state index contributed by atoms with van der Waals surface area (Å²) in [6.07, 6.45) is 2.70. The second-order valence-electron chi connectivity index (χ2n) is 6.83. The van der Waals surface area contributed by atoms with Gasteiger partial charge in [0.2, 0.25) is 0 Å². The molecule has 1 aromatic rings. The normalized spacial score (nSPS) is 20.8. The lowest BCUT2D eigenvalue weighted by Gasteiger charge is -2.29. The molecule has 1 unspecified atom stereocenters. The van der Waals surface area contributed by atoms with Crippen LogP contribution in [0.2, 0.25) is 0 Å². The van der Waals surface area contributed by atoms with E-state index in [4.69, 9.17) is 4.42 Å². The number of nitrogens with one attached hydrogen (secondary N) is 1. The average Bonchev–Trinajstić information content (AvgIpc) is 2.69. The Kier molecular flexibility index (Phi) is 5.67. The molecule has 1 saturated heterocycles. The number of hydrogen-bond acceptors (Lipinski definition) is 3. The molecular weight excluding hydrogens is 248 g/mol. The summed E-state index contributed by atoms with van der Waals surface area (Å²) in [6.45, 7) is 14.2. The van der Waals surface area contributed by atoms with Crippen LogP contribution < -0.4 is 5.32 Å². The maximum atomic E-state index is 6.03. The lowest BCUT2D eigenvalue weighted by atomic mass is 10.0. The number of furan rings is 1. The Morgan fingerprint density at radius 2 is 2.25 bits per heavy atom. The standard InChI is InChI=1S/C17H30N2O/c1-13(2)9-18-10-17-15(4)8-16(20-17)12-19-7-5-6-14(3)11-19/h8,13-14,18H,5-7,9-12H2,1-4H3. The van der Waals surface area contributed by atoms with E-state index in [1.54, 1.807) is 0 Å². The molecule has 1 aliphatic heterocycles. The molecule has 0 aromatic carbocycles. The highest BCUT2D eigenvalue weighted by atomic mass is 16.3. The van der Waals surface area contributed by atoms with Gasteiger partial charge in [-0.2, -0.15) is 0 Å². The molecule has 2 rings (SSSR count). The fraction of sp³-hybridized carbons (Fsp3) is 0.765. The molecule has 3 nitrogen and oxygen atoms in total. The second-order valence-corrected chi connectivity index (χ2v) is 6.83. The molecule has 0 aliphatic carbocycles. The van der Waals surface area contributed by atoms with Crippen molar-refractivity contribution in [2.24, 2.45) is 11.8 Å². The van der Waals surface area contributed by atoms with Crippen LogP contribution in [0.5, 0.6) is 0 Å². The first-order chi connectivity index (χ1) is 9.54. The lowest BCUT2D eigenvalue weighted by molar-refractivity contribution is 0.164. The Bertz CT molecular complexity index is 411. The molecule has 1 atom stereocenters. The van der Waals surface area contributed by atoms with Crippen LogP contribution in [-0.4, -0.2) is 24.5 Å². The van der Waals surface area contributed by atoms with Crippen LogP contribution in [0.1, 0.15) is 50.7 Å². The smallest absolute Gasteiger partial charge is 0.120 e. The Morgan fingerprint density at radius 1 is 1.45 bits per heavy atom. The van der Waals surface area contributed by atoms with Gasteiger partial charge >= 0.3 is 0 Å². The zero-order chi connectivity index (χ0) is 14.5. The number of rotatable bonds is 6. The van der Waals surface area contributed by atoms with Gasteiger partial charge in [0, 0.05) is 6.54 Å². The van der Waals surface area contributed by atoms with Gasteiger partial charge in [0.1, 0.15) is 11.5 Å². The summed E-state index contributed by atoms with van der Waals surface area (Å²) >= 11 is 0. The SMILES string of the molecule is Cc1cc(CN2CCCC(C)C2)oc1CNCC(C)C. The van der Waals surface area contributed by atoms with Crippen LogP contribution in [0, 0.1) is 18.8 Å². The minimum absolute atomic E-state index is 0.680. The van der Waals surface area contributed by atoms with Gasteiger partial charge in [0.05, 0.1) is 13.1 Å². The molecule has 3 heteroatoms. The van der Waals surface area contributed by atoms with Gasteiger partial charge in [-0.1, -0.05) is 20.8 Å². The first-order valence-corrected chi connectivity index (χ1v) is 8.06. The van der Waals surface area contributed by atoms with Crippen molar-refractivity contribution < 1.29 is 4.42 Å². The molecule has 1 aliphatic rings. The van der Waals surface area contributed by atoms with Crippen LogP contribution in [0.3, 0.4) is 0 Å². The number of piperidine rings is 1. The minimum atomic E-state index is 0.680. The Labute approximate surface area is 123 Å². The predicted molar refractivity (Wildman–Crippen MR) is 83.7 cm³/mol. The first-order valence-electron chi connectivity index (χ1n) is 8.06. The third-order valence-corrected chi connectivity index (χ3v) is 4.03. The Balaban J connectivity index is 1.86. The Hall–Kier alpha value is -0.800. The van der Waals surface area contributed by atoms with Crippen molar-refractivity contribution in [2.45, 2.75) is 53.6 Å². The van der Waals surface area contributed by atoms with E-state index in [0.29, 0.717) is 5.92 Å². The molecule has 1 fully saturated rings. The zero-order valence-corrected chi connectivity index (χ0v) is 13.5. The van der Waals surface area contributed by atoms with Crippen molar-refractivity contribution in [3.8, 4) is 0 Å². The van der Waals surface area contributed by atoms with Gasteiger partial charge in [-0.15, -0.1) is 0 Å². The van der Waals surface area contributed by atoms with Crippen molar-refractivity contribution in [3.63, 3.8) is 0 Å². The third-order valence-electron chi connectivity index (χ3n) is 4.03. The van der Waals surface area contributed by atoms with Gasteiger partial charge < -0.3 is 9.73 Å². The van der Waals surface area contributed by atoms with Gasteiger partial charge in [0.15, 0.2) is 0 Å². The maximum absolute atomic E-state index is 6.03. The molecule has 20 heavy (non-hydrogen) atoms. The van der Waals surface area contributed by atoms with Gasteiger partial charge in [-0.05, 0) is 56.3 Å². The number of nitrogens with zero attached hydrogens (tertiary/aromatic N) is 1. The van der Waals surface area contributed by atoms with Crippen molar-refractivity contribution >= 4 is 0 Å². The van der Waals surface area contributed by atoms with E-state index >= 15 is 0 Å². The zero-order valence-electron chi connectivity index (χ0n) is 13.5. The maximum Gasteiger partial charge on any atom is 0.120 e. The van der Waals surface area contributed by atoms with Crippen LogP contribution in [-0.2, 0) is 13.1 Å². The molecule has 0 radical (unpaired) electrons.